The predicted molar refractivity (Wildman–Crippen MR) is 126 cm³/mol. The van der Waals surface area contributed by atoms with Crippen LogP contribution in [-0.2, 0) is 22.6 Å². The third-order valence-corrected chi connectivity index (χ3v) is 8.30. The predicted octanol–water partition coefficient (Wildman–Crippen LogP) is 5.60. The third kappa shape index (κ3) is 4.48. The van der Waals surface area contributed by atoms with E-state index in [9.17, 15) is 4.79 Å². The number of carbonyl (C=O) groups is 1. The Morgan fingerprint density at radius 2 is 2.03 bits per heavy atom. The second-order valence-corrected chi connectivity index (χ2v) is 10.5. The lowest BCUT2D eigenvalue weighted by Gasteiger charge is -2.50. The molecule has 33 heavy (non-hydrogen) atoms. The molecule has 0 N–H and O–H groups in total. The SMILES string of the molecule is C=C1CCC[C@]2(C)C[C@H]3OC(=O)[C@H](CN(Cc4ccc(OC)cc4)Cc4ccco4)[C@@H]3C[C@@H]12. The first kappa shape index (κ1) is 22.3. The van der Waals surface area contributed by atoms with Crippen molar-refractivity contribution in [3.8, 4) is 5.75 Å². The van der Waals surface area contributed by atoms with Crippen LogP contribution in [0.2, 0.25) is 0 Å². The van der Waals surface area contributed by atoms with Gasteiger partial charge in [0, 0.05) is 19.0 Å². The summed E-state index contributed by atoms with van der Waals surface area (Å²) in [5.74, 6) is 2.38. The van der Waals surface area contributed by atoms with Gasteiger partial charge in [0.2, 0.25) is 0 Å². The molecule has 2 saturated carbocycles. The van der Waals surface area contributed by atoms with Gasteiger partial charge in [-0.25, -0.2) is 0 Å². The van der Waals surface area contributed by atoms with Gasteiger partial charge in [0.15, 0.2) is 0 Å². The van der Waals surface area contributed by atoms with Crippen molar-refractivity contribution >= 4 is 5.97 Å². The topological polar surface area (TPSA) is 51.9 Å². The Morgan fingerprint density at radius 1 is 1.21 bits per heavy atom. The molecule has 1 aromatic carbocycles. The molecule has 1 aromatic heterocycles. The number of rotatable bonds is 7. The number of methoxy groups -OCH3 is 1. The second-order valence-electron chi connectivity index (χ2n) is 10.5. The number of furan rings is 1. The van der Waals surface area contributed by atoms with Crippen molar-refractivity contribution < 1.29 is 18.7 Å². The fourth-order valence-electron chi connectivity index (χ4n) is 6.54. The molecule has 0 radical (unpaired) electrons. The first-order valence-electron chi connectivity index (χ1n) is 12.2. The monoisotopic (exact) mass is 449 g/mol. The van der Waals surface area contributed by atoms with Crippen LogP contribution in [-0.4, -0.2) is 30.6 Å². The zero-order valence-electron chi connectivity index (χ0n) is 19.8. The summed E-state index contributed by atoms with van der Waals surface area (Å²) in [5, 5.41) is 0. The molecule has 0 spiro atoms. The van der Waals surface area contributed by atoms with Crippen LogP contribution >= 0.6 is 0 Å². The average molecular weight is 450 g/mol. The average Bonchev–Trinajstić information content (AvgIpc) is 3.40. The number of esters is 1. The zero-order chi connectivity index (χ0) is 23.0. The number of benzene rings is 1. The highest BCUT2D eigenvalue weighted by Gasteiger charge is 2.55. The molecule has 2 heterocycles. The van der Waals surface area contributed by atoms with Crippen LogP contribution in [0, 0.1) is 23.2 Å². The normalized spacial score (nSPS) is 31.2. The molecule has 5 rings (SSSR count). The van der Waals surface area contributed by atoms with Gasteiger partial charge in [-0.3, -0.25) is 9.69 Å². The summed E-state index contributed by atoms with van der Waals surface area (Å²) in [6.45, 7) is 8.87. The van der Waals surface area contributed by atoms with Gasteiger partial charge in [-0.2, -0.15) is 0 Å². The van der Waals surface area contributed by atoms with Crippen molar-refractivity contribution in [2.45, 2.75) is 58.2 Å². The minimum atomic E-state index is -0.109. The van der Waals surface area contributed by atoms with E-state index in [-0.39, 0.29) is 29.3 Å². The molecule has 3 aliphatic rings. The van der Waals surface area contributed by atoms with Crippen molar-refractivity contribution in [1.29, 1.82) is 0 Å². The van der Waals surface area contributed by atoms with Crippen LogP contribution in [0.25, 0.3) is 0 Å². The van der Waals surface area contributed by atoms with Crippen LogP contribution < -0.4 is 4.74 Å². The maximum Gasteiger partial charge on any atom is 0.310 e. The Kier molecular flexibility index (Phi) is 6.09. The molecule has 1 aliphatic heterocycles. The maximum atomic E-state index is 13.1. The molecule has 5 heteroatoms. The van der Waals surface area contributed by atoms with Crippen molar-refractivity contribution in [1.82, 2.24) is 4.90 Å². The smallest absolute Gasteiger partial charge is 0.310 e. The molecule has 0 bridgehead atoms. The van der Waals surface area contributed by atoms with Gasteiger partial charge in [0.05, 0.1) is 25.8 Å². The number of nitrogens with zero attached hydrogens (tertiary/aromatic N) is 1. The summed E-state index contributed by atoms with van der Waals surface area (Å²) in [7, 11) is 1.68. The number of ether oxygens (including phenoxy) is 2. The maximum absolute atomic E-state index is 13.1. The largest absolute Gasteiger partial charge is 0.497 e. The molecule has 2 aliphatic carbocycles. The highest BCUT2D eigenvalue weighted by Crippen LogP contribution is 2.57. The molecule has 3 fully saturated rings. The van der Waals surface area contributed by atoms with Gasteiger partial charge in [0.1, 0.15) is 17.6 Å². The van der Waals surface area contributed by atoms with Gasteiger partial charge in [-0.15, -0.1) is 0 Å². The van der Waals surface area contributed by atoms with E-state index in [1.54, 1.807) is 13.4 Å². The standard InChI is InChI=1S/C28H35NO4/c1-19-6-4-12-28(2)15-26-23(14-25(19)28)24(27(30)33-26)18-29(17-22-7-5-13-32-22)16-20-8-10-21(31-3)11-9-20/h5,7-11,13,23-26H,1,4,6,12,14-18H2,2-3H3/t23-,24+,25-,26+,28+/m0/s1. The summed E-state index contributed by atoms with van der Waals surface area (Å²) >= 11 is 0. The molecule has 1 saturated heterocycles. The summed E-state index contributed by atoms with van der Waals surface area (Å²) in [6.07, 6.45) is 7.29. The highest BCUT2D eigenvalue weighted by atomic mass is 16.6. The summed E-state index contributed by atoms with van der Waals surface area (Å²) in [5.41, 5.74) is 2.79. The van der Waals surface area contributed by atoms with E-state index in [0.717, 1.165) is 37.3 Å². The van der Waals surface area contributed by atoms with Crippen molar-refractivity contribution in [3.05, 3.63) is 66.1 Å². The van der Waals surface area contributed by atoms with Crippen LogP contribution in [0.3, 0.4) is 0 Å². The minimum Gasteiger partial charge on any atom is -0.497 e. The zero-order valence-corrected chi connectivity index (χ0v) is 19.8. The number of carbonyl (C=O) groups excluding carboxylic acids is 1. The van der Waals surface area contributed by atoms with Gasteiger partial charge in [0.25, 0.3) is 0 Å². The van der Waals surface area contributed by atoms with Gasteiger partial charge >= 0.3 is 5.97 Å². The Morgan fingerprint density at radius 3 is 2.76 bits per heavy atom. The number of hydrogen-bond donors (Lipinski definition) is 0. The van der Waals surface area contributed by atoms with Gasteiger partial charge in [-0.1, -0.05) is 31.2 Å². The highest BCUT2D eigenvalue weighted by molar-refractivity contribution is 5.75. The Labute approximate surface area is 196 Å². The number of hydrogen-bond acceptors (Lipinski definition) is 5. The van der Waals surface area contributed by atoms with E-state index in [0.29, 0.717) is 19.0 Å². The molecule has 5 nitrogen and oxygen atoms in total. The van der Waals surface area contributed by atoms with Gasteiger partial charge < -0.3 is 13.9 Å². The summed E-state index contributed by atoms with van der Waals surface area (Å²) in [4.78, 5) is 15.4. The lowest BCUT2D eigenvalue weighted by atomic mass is 9.55. The molecular weight excluding hydrogens is 414 g/mol. The number of fused-ring (bicyclic) bond motifs is 2. The van der Waals surface area contributed by atoms with Crippen LogP contribution in [0.15, 0.2) is 59.2 Å². The van der Waals surface area contributed by atoms with Crippen LogP contribution in [0.5, 0.6) is 5.75 Å². The van der Waals surface area contributed by atoms with E-state index >= 15 is 0 Å². The fourth-order valence-corrected chi connectivity index (χ4v) is 6.54. The third-order valence-electron chi connectivity index (χ3n) is 8.30. The summed E-state index contributed by atoms with van der Waals surface area (Å²) < 4.78 is 17.0. The quantitative estimate of drug-likeness (QED) is 0.407. The molecular formula is C28H35NO4. The molecule has 0 amide bonds. The molecule has 0 unspecified atom stereocenters. The Hall–Kier alpha value is -2.53. The molecule has 5 atom stereocenters. The van der Waals surface area contributed by atoms with E-state index in [1.807, 2.05) is 24.3 Å². The number of allylic oxidation sites excluding steroid dienone is 1. The van der Waals surface area contributed by atoms with Crippen molar-refractivity contribution in [2.24, 2.45) is 23.2 Å². The Bertz CT molecular complexity index is 982. The lowest BCUT2D eigenvalue weighted by molar-refractivity contribution is -0.146. The van der Waals surface area contributed by atoms with Crippen LogP contribution in [0.1, 0.15) is 50.4 Å². The van der Waals surface area contributed by atoms with Crippen LogP contribution in [0.4, 0.5) is 0 Å². The first-order chi connectivity index (χ1) is 15.9. The molecule has 176 valence electrons. The first-order valence-corrected chi connectivity index (χ1v) is 12.2. The summed E-state index contributed by atoms with van der Waals surface area (Å²) in [6, 6.07) is 12.0. The van der Waals surface area contributed by atoms with E-state index in [4.69, 9.17) is 13.9 Å². The minimum absolute atomic E-state index is 0.0305. The van der Waals surface area contributed by atoms with E-state index < -0.39 is 0 Å². The van der Waals surface area contributed by atoms with Crippen molar-refractivity contribution in [3.63, 3.8) is 0 Å². The second kappa shape index (κ2) is 9.02. The fraction of sp³-hybridized carbons (Fsp3) is 0.536. The molecule has 2 aromatic rings. The van der Waals surface area contributed by atoms with E-state index in [2.05, 4.69) is 30.5 Å². The lowest BCUT2D eigenvalue weighted by Crippen LogP contribution is -2.45. The Balaban J connectivity index is 1.35. The van der Waals surface area contributed by atoms with E-state index in [1.165, 1.54) is 24.0 Å². The van der Waals surface area contributed by atoms with Crippen molar-refractivity contribution in [2.75, 3.05) is 13.7 Å². The van der Waals surface area contributed by atoms with Gasteiger partial charge in [-0.05, 0) is 73.3 Å².